The fourth-order valence-corrected chi connectivity index (χ4v) is 5.88. The summed E-state index contributed by atoms with van der Waals surface area (Å²) in [5.74, 6) is -0.861. The van der Waals surface area contributed by atoms with Crippen LogP contribution < -0.4 is 15.4 Å². The first-order chi connectivity index (χ1) is 21.8. The van der Waals surface area contributed by atoms with E-state index in [1.807, 2.05) is 19.9 Å². The normalized spacial score (nSPS) is 20.0. The van der Waals surface area contributed by atoms with Crippen LogP contribution in [0.15, 0.2) is 59.0 Å². The van der Waals surface area contributed by atoms with E-state index < -0.39 is 35.9 Å². The van der Waals surface area contributed by atoms with Gasteiger partial charge in [0.15, 0.2) is 5.76 Å². The molecule has 5 rings (SSSR count). The van der Waals surface area contributed by atoms with Crippen molar-refractivity contribution in [3.8, 4) is 5.75 Å². The van der Waals surface area contributed by atoms with E-state index in [1.54, 1.807) is 48.5 Å². The van der Waals surface area contributed by atoms with Crippen molar-refractivity contribution >= 4 is 28.7 Å². The summed E-state index contributed by atoms with van der Waals surface area (Å²) >= 11 is 0. The van der Waals surface area contributed by atoms with E-state index in [4.69, 9.17) is 13.9 Å². The number of rotatable bonds is 11. The largest absolute Gasteiger partial charge is 0.492 e. The van der Waals surface area contributed by atoms with Gasteiger partial charge in [0.25, 0.3) is 17.7 Å². The summed E-state index contributed by atoms with van der Waals surface area (Å²) in [5, 5.41) is 17.7. The van der Waals surface area contributed by atoms with Gasteiger partial charge >= 0.3 is 0 Å². The molecular weight excluding hydrogens is 576 g/mol. The van der Waals surface area contributed by atoms with E-state index >= 15 is 0 Å². The number of aliphatic hydroxyl groups excluding tert-OH is 1. The van der Waals surface area contributed by atoms with Crippen molar-refractivity contribution in [3.05, 3.63) is 65.9 Å². The Morgan fingerprint density at radius 3 is 2.64 bits per heavy atom. The fraction of sp³-hybridized carbons (Fsp3) is 0.500. The van der Waals surface area contributed by atoms with E-state index in [9.17, 15) is 19.5 Å². The number of ether oxygens (including phenoxy) is 2. The molecule has 0 radical (unpaired) electrons. The topological polar surface area (TPSA) is 134 Å². The molecule has 11 heteroatoms. The molecule has 3 atom stereocenters. The van der Waals surface area contributed by atoms with Crippen LogP contribution in [0.2, 0.25) is 0 Å². The Hall–Kier alpha value is -3.77. The number of carbonyl (C=O) groups excluding carboxylic acids is 3. The Labute approximate surface area is 263 Å². The Morgan fingerprint density at radius 1 is 1.11 bits per heavy atom. The highest BCUT2D eigenvalue weighted by atomic mass is 16.5. The predicted octanol–water partition coefficient (Wildman–Crippen LogP) is 3.07. The van der Waals surface area contributed by atoms with Gasteiger partial charge in [-0.1, -0.05) is 32.0 Å². The molecule has 3 heterocycles. The highest BCUT2D eigenvalue weighted by Gasteiger charge is 2.39. The van der Waals surface area contributed by atoms with Gasteiger partial charge in [-0.2, -0.15) is 0 Å². The molecule has 2 fully saturated rings. The molecular formula is C34H44N4O7. The molecule has 0 bridgehead atoms. The van der Waals surface area contributed by atoms with Crippen molar-refractivity contribution in [1.82, 2.24) is 20.4 Å². The molecule has 2 aromatic carbocycles. The Kier molecular flexibility index (Phi) is 11.2. The van der Waals surface area contributed by atoms with E-state index in [1.165, 1.54) is 4.90 Å². The van der Waals surface area contributed by atoms with Crippen LogP contribution in [0, 0.1) is 5.92 Å². The molecule has 3 amide bonds. The lowest BCUT2D eigenvalue weighted by atomic mass is 9.98. The SMILES string of the molecule is CC(C)C[C@H](NC(=O)c1cc2cc(OCCN3CCOCC3)ccc2o1)C(=O)N(C(=O)c1ccccc1)C1CCCNCC1O. The summed E-state index contributed by atoms with van der Waals surface area (Å²) in [6.07, 6.45) is 0.486. The highest BCUT2D eigenvalue weighted by Crippen LogP contribution is 2.26. The maximum absolute atomic E-state index is 14.3. The number of furan rings is 1. The first kappa shape index (κ1) is 32.6. The minimum Gasteiger partial charge on any atom is -0.492 e. The van der Waals surface area contributed by atoms with Gasteiger partial charge in [-0.05, 0) is 68.1 Å². The van der Waals surface area contributed by atoms with Gasteiger partial charge < -0.3 is 29.6 Å². The molecule has 0 saturated carbocycles. The van der Waals surface area contributed by atoms with E-state index in [0.29, 0.717) is 54.7 Å². The predicted molar refractivity (Wildman–Crippen MR) is 169 cm³/mol. The van der Waals surface area contributed by atoms with E-state index in [2.05, 4.69) is 15.5 Å². The van der Waals surface area contributed by atoms with Crippen molar-refractivity contribution in [2.75, 3.05) is 52.5 Å². The van der Waals surface area contributed by atoms with Crippen molar-refractivity contribution in [2.45, 2.75) is 51.3 Å². The van der Waals surface area contributed by atoms with Crippen molar-refractivity contribution < 1.29 is 33.4 Å². The van der Waals surface area contributed by atoms with Crippen LogP contribution >= 0.6 is 0 Å². The van der Waals surface area contributed by atoms with Crippen LogP contribution in [0.3, 0.4) is 0 Å². The molecule has 0 aliphatic carbocycles. The van der Waals surface area contributed by atoms with Gasteiger partial charge in [0, 0.05) is 37.1 Å². The van der Waals surface area contributed by atoms with Crippen molar-refractivity contribution in [2.24, 2.45) is 5.92 Å². The number of aliphatic hydroxyl groups is 1. The van der Waals surface area contributed by atoms with Crippen LogP contribution in [0.4, 0.5) is 0 Å². The second kappa shape index (κ2) is 15.5. The van der Waals surface area contributed by atoms with Gasteiger partial charge in [0.1, 0.15) is 24.0 Å². The van der Waals surface area contributed by atoms with Gasteiger partial charge in [0.2, 0.25) is 0 Å². The van der Waals surface area contributed by atoms with E-state index in [0.717, 1.165) is 32.8 Å². The maximum Gasteiger partial charge on any atom is 0.287 e. The molecule has 2 saturated heterocycles. The first-order valence-corrected chi connectivity index (χ1v) is 15.9. The lowest BCUT2D eigenvalue weighted by Gasteiger charge is -2.35. The highest BCUT2D eigenvalue weighted by molar-refractivity contribution is 6.08. The molecule has 11 nitrogen and oxygen atoms in total. The quantitative estimate of drug-likeness (QED) is 0.296. The summed E-state index contributed by atoms with van der Waals surface area (Å²) in [4.78, 5) is 45.1. The third-order valence-corrected chi connectivity index (χ3v) is 8.26. The number of morpholine rings is 1. The average Bonchev–Trinajstić information content (AvgIpc) is 3.36. The van der Waals surface area contributed by atoms with Crippen molar-refractivity contribution in [3.63, 3.8) is 0 Å². The monoisotopic (exact) mass is 620 g/mol. The number of carbonyl (C=O) groups is 3. The zero-order chi connectivity index (χ0) is 31.8. The molecule has 0 spiro atoms. The smallest absolute Gasteiger partial charge is 0.287 e. The second-order valence-corrected chi connectivity index (χ2v) is 12.1. The molecule has 2 unspecified atom stereocenters. The number of β-amino-alcohol motifs (C(OH)–C–C–N with tert-alkyl or cyclic N) is 1. The summed E-state index contributed by atoms with van der Waals surface area (Å²) in [6.45, 7) is 9.39. The number of amides is 3. The lowest BCUT2D eigenvalue weighted by molar-refractivity contribution is -0.135. The van der Waals surface area contributed by atoms with E-state index in [-0.39, 0.29) is 18.2 Å². The zero-order valence-corrected chi connectivity index (χ0v) is 26.1. The average molecular weight is 621 g/mol. The molecule has 1 aromatic heterocycles. The van der Waals surface area contributed by atoms with Crippen LogP contribution in [-0.4, -0.2) is 103 Å². The van der Waals surface area contributed by atoms with Crippen LogP contribution in [0.5, 0.6) is 5.75 Å². The summed E-state index contributed by atoms with van der Waals surface area (Å²) in [5.41, 5.74) is 0.854. The third kappa shape index (κ3) is 8.49. The number of imide groups is 1. The molecule has 3 N–H and O–H groups in total. The Balaban J connectivity index is 1.33. The van der Waals surface area contributed by atoms with Crippen molar-refractivity contribution in [1.29, 1.82) is 0 Å². The van der Waals surface area contributed by atoms with Gasteiger partial charge in [-0.15, -0.1) is 0 Å². The number of hydrogen-bond acceptors (Lipinski definition) is 9. The first-order valence-electron chi connectivity index (χ1n) is 15.9. The molecule has 242 valence electrons. The minimum absolute atomic E-state index is 0.0292. The lowest BCUT2D eigenvalue weighted by Crippen LogP contribution is -2.57. The fourth-order valence-electron chi connectivity index (χ4n) is 5.88. The Bertz CT molecular complexity index is 1440. The summed E-state index contributed by atoms with van der Waals surface area (Å²) in [6, 6.07) is 13.8. The maximum atomic E-state index is 14.3. The molecule has 45 heavy (non-hydrogen) atoms. The molecule has 3 aromatic rings. The van der Waals surface area contributed by atoms with Crippen LogP contribution in [-0.2, 0) is 9.53 Å². The van der Waals surface area contributed by atoms with Gasteiger partial charge in [-0.3, -0.25) is 24.2 Å². The number of hydrogen-bond donors (Lipinski definition) is 3. The van der Waals surface area contributed by atoms with Gasteiger partial charge in [-0.25, -0.2) is 0 Å². The third-order valence-electron chi connectivity index (χ3n) is 8.26. The van der Waals surface area contributed by atoms with Crippen LogP contribution in [0.25, 0.3) is 11.0 Å². The summed E-state index contributed by atoms with van der Waals surface area (Å²) in [7, 11) is 0. The Morgan fingerprint density at radius 2 is 1.89 bits per heavy atom. The van der Waals surface area contributed by atoms with Gasteiger partial charge in [0.05, 0.1) is 25.4 Å². The molecule has 2 aliphatic rings. The summed E-state index contributed by atoms with van der Waals surface area (Å²) < 4.78 is 17.2. The standard InChI is InChI=1S/C34H44N4O7/c1-23(2)19-27(34(42)38(28-9-6-12-35-22-29(28)39)33(41)24-7-4-3-5-8-24)36-32(40)31-21-25-20-26(10-11-30(25)45-31)44-18-15-37-13-16-43-17-14-37/h3-5,7-8,10-11,20-21,23,27-29,35,39H,6,9,12-19,22H2,1-2H3,(H,36,40)/t27-,28?,29?/m0/s1. The number of nitrogens with one attached hydrogen (secondary N) is 2. The minimum atomic E-state index is -1.01. The number of benzene rings is 2. The van der Waals surface area contributed by atoms with Crippen LogP contribution in [0.1, 0.15) is 54.0 Å². The number of fused-ring (bicyclic) bond motifs is 1. The number of nitrogens with zero attached hydrogens (tertiary/aromatic N) is 2. The molecule has 2 aliphatic heterocycles. The zero-order valence-electron chi connectivity index (χ0n) is 26.1. The second-order valence-electron chi connectivity index (χ2n) is 12.1.